The molecule has 0 bridgehead atoms. The summed E-state index contributed by atoms with van der Waals surface area (Å²) >= 11 is 4.87. The summed E-state index contributed by atoms with van der Waals surface area (Å²) in [4.78, 5) is 31.0. The predicted octanol–water partition coefficient (Wildman–Crippen LogP) is 4.79. The molecule has 1 amide bonds. The number of carbonyl (C=O) groups is 2. The minimum absolute atomic E-state index is 0.204. The lowest BCUT2D eigenvalue weighted by Gasteiger charge is -2.31. The van der Waals surface area contributed by atoms with Crippen molar-refractivity contribution in [1.82, 2.24) is 15.2 Å². The first kappa shape index (κ1) is 24.0. The lowest BCUT2D eigenvalue weighted by molar-refractivity contribution is -0.132. The van der Waals surface area contributed by atoms with E-state index in [1.165, 1.54) is 37.6 Å². The van der Waals surface area contributed by atoms with E-state index in [1.54, 1.807) is 18.2 Å². The smallest absolute Gasteiger partial charge is 0.308 e. The van der Waals surface area contributed by atoms with Crippen LogP contribution in [-0.4, -0.2) is 39.9 Å². The number of carbonyl (C=O) groups excluding carboxylic acids is 2. The molecule has 0 saturated heterocycles. The van der Waals surface area contributed by atoms with Gasteiger partial charge in [0.05, 0.1) is 22.8 Å². The van der Waals surface area contributed by atoms with Crippen molar-refractivity contribution in [3.8, 4) is 28.6 Å². The molecule has 0 spiro atoms. The lowest BCUT2D eigenvalue weighted by atomic mass is 10.1. The Bertz CT molecular complexity index is 1270. The Hall–Kier alpha value is -3.18. The summed E-state index contributed by atoms with van der Waals surface area (Å²) in [6.45, 7) is 4.71. The molecule has 0 aliphatic carbocycles. The average Bonchev–Trinajstić information content (AvgIpc) is 2.94. The maximum Gasteiger partial charge on any atom is 0.308 e. The van der Waals surface area contributed by atoms with Gasteiger partial charge in [0.15, 0.2) is 11.4 Å². The number of methoxy groups -OCH3 is 1. The fraction of sp³-hybridized carbons (Fsp3) is 0.261. The third-order valence-electron chi connectivity index (χ3n) is 4.92. The van der Waals surface area contributed by atoms with Gasteiger partial charge in [-0.1, -0.05) is 36.9 Å². The van der Waals surface area contributed by atoms with Gasteiger partial charge in [0.25, 0.3) is 0 Å². The van der Waals surface area contributed by atoms with Gasteiger partial charge < -0.3 is 14.2 Å². The quantitative estimate of drug-likeness (QED) is 0.254. The minimum atomic E-state index is -1.04. The van der Waals surface area contributed by atoms with Crippen molar-refractivity contribution in [2.45, 2.75) is 32.2 Å². The van der Waals surface area contributed by atoms with Crippen molar-refractivity contribution in [3.05, 3.63) is 46.4 Å². The van der Waals surface area contributed by atoms with Crippen molar-refractivity contribution in [2.75, 3.05) is 17.8 Å². The number of rotatable bonds is 5. The molecule has 4 rings (SSSR count). The van der Waals surface area contributed by atoms with Crippen molar-refractivity contribution >= 4 is 45.3 Å². The molecule has 0 unspecified atom stereocenters. The number of anilines is 1. The Kier molecular flexibility index (Phi) is 7.03. The highest BCUT2D eigenvalue weighted by Gasteiger charge is 2.37. The molecule has 0 saturated carbocycles. The molecule has 34 heavy (non-hydrogen) atoms. The van der Waals surface area contributed by atoms with Gasteiger partial charge in [-0.15, -0.1) is 10.2 Å². The number of halogens is 1. The summed E-state index contributed by atoms with van der Waals surface area (Å²) in [6, 6.07) is 10.6. The molecule has 176 valence electrons. The van der Waals surface area contributed by atoms with E-state index in [1.807, 2.05) is 25.1 Å². The maximum absolute atomic E-state index is 13.0. The van der Waals surface area contributed by atoms with Gasteiger partial charge in [-0.3, -0.25) is 14.5 Å². The van der Waals surface area contributed by atoms with Crippen LogP contribution in [0, 0.1) is 0 Å². The molecular formula is C23H21BrN4O5S. The Morgan fingerprint density at radius 1 is 1.21 bits per heavy atom. The van der Waals surface area contributed by atoms with Crippen LogP contribution in [0.4, 0.5) is 5.69 Å². The Balaban J connectivity index is 2.01. The number of benzene rings is 2. The van der Waals surface area contributed by atoms with E-state index in [4.69, 9.17) is 14.2 Å². The molecule has 1 aromatic heterocycles. The van der Waals surface area contributed by atoms with E-state index in [9.17, 15) is 9.59 Å². The second kappa shape index (κ2) is 9.98. The zero-order chi connectivity index (χ0) is 24.4. The van der Waals surface area contributed by atoms with Crippen LogP contribution in [0.1, 0.15) is 32.6 Å². The van der Waals surface area contributed by atoms with Crippen molar-refractivity contribution in [2.24, 2.45) is 0 Å². The number of amides is 1. The first-order chi connectivity index (χ1) is 16.3. The summed E-state index contributed by atoms with van der Waals surface area (Å²) in [5, 5.41) is 9.02. The molecule has 1 atom stereocenters. The van der Waals surface area contributed by atoms with Crippen molar-refractivity contribution in [3.63, 3.8) is 0 Å². The molecule has 0 radical (unpaired) electrons. The Morgan fingerprint density at radius 2 is 1.97 bits per heavy atom. The largest absolute Gasteiger partial charge is 0.497 e. The van der Waals surface area contributed by atoms with Crippen molar-refractivity contribution < 1.29 is 23.8 Å². The van der Waals surface area contributed by atoms with E-state index < -0.39 is 12.2 Å². The number of esters is 1. The van der Waals surface area contributed by atoms with Crippen LogP contribution in [0.5, 0.6) is 17.4 Å². The van der Waals surface area contributed by atoms with E-state index in [2.05, 4.69) is 31.1 Å². The van der Waals surface area contributed by atoms with Crippen LogP contribution in [0.15, 0.2) is 46.0 Å². The normalized spacial score (nSPS) is 14.4. The number of hydrogen-bond donors (Lipinski definition) is 0. The summed E-state index contributed by atoms with van der Waals surface area (Å²) in [7, 11) is 1.52. The van der Waals surface area contributed by atoms with Gasteiger partial charge in [-0.25, -0.2) is 0 Å². The summed E-state index contributed by atoms with van der Waals surface area (Å²) in [5.41, 5.74) is 1.99. The van der Waals surface area contributed by atoms with Crippen molar-refractivity contribution in [1.29, 1.82) is 0 Å². The molecule has 1 aliphatic heterocycles. The molecule has 0 N–H and O–H groups in total. The second-order valence-corrected chi connectivity index (χ2v) is 9.26. The van der Waals surface area contributed by atoms with E-state index in [-0.39, 0.29) is 17.5 Å². The average molecular weight is 545 g/mol. The molecule has 3 aromatic rings. The molecule has 9 nitrogen and oxygen atoms in total. The van der Waals surface area contributed by atoms with Crippen LogP contribution >= 0.6 is 27.7 Å². The van der Waals surface area contributed by atoms with Gasteiger partial charge in [0.2, 0.25) is 23.2 Å². The van der Waals surface area contributed by atoms with Crippen LogP contribution < -0.4 is 19.1 Å². The lowest BCUT2D eigenvalue weighted by Crippen LogP contribution is -2.36. The van der Waals surface area contributed by atoms with Crippen LogP contribution in [-0.2, 0) is 9.59 Å². The topological polar surface area (TPSA) is 104 Å². The molecule has 2 aromatic carbocycles. The molecule has 11 heteroatoms. The number of hydrogen-bond acceptors (Lipinski definition) is 9. The van der Waals surface area contributed by atoms with Gasteiger partial charge in [0, 0.05) is 19.4 Å². The number of thioether (sulfide) groups is 1. The molecule has 2 heterocycles. The van der Waals surface area contributed by atoms with E-state index in [0.29, 0.717) is 37.9 Å². The first-order valence-corrected chi connectivity index (χ1v) is 12.1. The standard InChI is InChI=1S/C23H21BrN4O5S/c1-5-34-23-25-21-19(26-27-23)15-8-6-7-9-18(15)28(12(2)29)22(33-21)16-10-14(31-4)11-17(24)20(16)32-13(3)30/h6-11,22H,5H2,1-4H3/t22-/m1/s1. The van der Waals surface area contributed by atoms with Gasteiger partial charge >= 0.3 is 5.97 Å². The maximum atomic E-state index is 13.0. The summed E-state index contributed by atoms with van der Waals surface area (Å²) in [5.74, 6) is 0.816. The zero-order valence-electron chi connectivity index (χ0n) is 18.9. The minimum Gasteiger partial charge on any atom is -0.497 e. The third kappa shape index (κ3) is 4.58. The second-order valence-electron chi connectivity index (χ2n) is 7.18. The molecule has 0 fully saturated rings. The Morgan fingerprint density at radius 3 is 2.65 bits per heavy atom. The van der Waals surface area contributed by atoms with Crippen LogP contribution in [0.3, 0.4) is 0 Å². The van der Waals surface area contributed by atoms with E-state index >= 15 is 0 Å². The van der Waals surface area contributed by atoms with E-state index in [0.717, 1.165) is 5.75 Å². The van der Waals surface area contributed by atoms with Gasteiger partial charge in [-0.2, -0.15) is 4.98 Å². The number of nitrogens with zero attached hydrogens (tertiary/aromatic N) is 4. The zero-order valence-corrected chi connectivity index (χ0v) is 21.3. The first-order valence-electron chi connectivity index (χ1n) is 10.3. The number of fused-ring (bicyclic) bond motifs is 3. The van der Waals surface area contributed by atoms with Gasteiger partial charge in [0.1, 0.15) is 5.75 Å². The third-order valence-corrected chi connectivity index (χ3v) is 6.23. The molecular weight excluding hydrogens is 524 g/mol. The fourth-order valence-electron chi connectivity index (χ4n) is 3.59. The SMILES string of the molecule is CCSc1nnc2c(n1)O[C@H](c1cc(OC)cc(Br)c1OC(C)=O)N(C(C)=O)c1ccccc1-2. The summed E-state index contributed by atoms with van der Waals surface area (Å²) < 4.78 is 17.8. The Labute approximate surface area is 209 Å². The highest BCUT2D eigenvalue weighted by Crippen LogP contribution is 2.47. The predicted molar refractivity (Wildman–Crippen MR) is 130 cm³/mol. The number of ether oxygens (including phenoxy) is 3. The molecule has 1 aliphatic rings. The number of aromatic nitrogens is 3. The highest BCUT2D eigenvalue weighted by atomic mass is 79.9. The van der Waals surface area contributed by atoms with Gasteiger partial charge in [-0.05, 0) is 39.9 Å². The monoisotopic (exact) mass is 544 g/mol. The fourth-order valence-corrected chi connectivity index (χ4v) is 4.63. The van der Waals surface area contributed by atoms with Crippen LogP contribution in [0.25, 0.3) is 11.3 Å². The summed E-state index contributed by atoms with van der Waals surface area (Å²) in [6.07, 6.45) is -1.04. The number of para-hydroxylation sites is 1. The highest BCUT2D eigenvalue weighted by molar-refractivity contribution is 9.10. The van der Waals surface area contributed by atoms with Crippen LogP contribution in [0.2, 0.25) is 0 Å².